The summed E-state index contributed by atoms with van der Waals surface area (Å²) in [5.41, 5.74) is 0.912. The Morgan fingerprint density at radius 3 is 2.50 bits per heavy atom. The van der Waals surface area contributed by atoms with E-state index in [-0.39, 0.29) is 12.5 Å². The molecule has 0 N–H and O–H groups in total. The highest BCUT2D eigenvalue weighted by atomic mass is 16.5. The SMILES string of the molecule is COc1cccc2c1OCCCN(C(=O)COc1ccc(N3CCN(c4ccccn4)CC3)nn1)C2. The topological polar surface area (TPSA) is 93.2 Å². The summed E-state index contributed by atoms with van der Waals surface area (Å²) in [6, 6.07) is 15.3. The Bertz CT molecular complexity index is 1150. The number of rotatable bonds is 6. The number of pyridine rings is 1. The lowest BCUT2D eigenvalue weighted by Gasteiger charge is -2.35. The quantitative estimate of drug-likeness (QED) is 0.516. The number of carbonyl (C=O) groups is 1. The second-order valence-electron chi connectivity index (χ2n) is 8.65. The Morgan fingerprint density at radius 1 is 0.944 bits per heavy atom. The molecule has 4 heterocycles. The van der Waals surface area contributed by atoms with Crippen LogP contribution in [0.25, 0.3) is 0 Å². The van der Waals surface area contributed by atoms with Crippen LogP contribution in [0.2, 0.25) is 0 Å². The third-order valence-corrected chi connectivity index (χ3v) is 6.36. The van der Waals surface area contributed by atoms with Gasteiger partial charge < -0.3 is 28.9 Å². The number of hydrogen-bond donors (Lipinski definition) is 0. The molecule has 5 rings (SSSR count). The van der Waals surface area contributed by atoms with Crippen molar-refractivity contribution in [3.8, 4) is 17.4 Å². The second-order valence-corrected chi connectivity index (χ2v) is 8.65. The lowest BCUT2D eigenvalue weighted by molar-refractivity contribution is -0.134. The largest absolute Gasteiger partial charge is 0.493 e. The van der Waals surface area contributed by atoms with Gasteiger partial charge in [-0.1, -0.05) is 18.2 Å². The molecule has 0 spiro atoms. The van der Waals surface area contributed by atoms with Crippen LogP contribution in [0.15, 0.2) is 54.7 Å². The number of hydrogen-bond acceptors (Lipinski definition) is 9. The maximum absolute atomic E-state index is 12.9. The number of ether oxygens (including phenoxy) is 3. The summed E-state index contributed by atoms with van der Waals surface area (Å²) in [7, 11) is 1.61. The van der Waals surface area contributed by atoms with Crippen LogP contribution >= 0.6 is 0 Å². The van der Waals surface area contributed by atoms with E-state index in [9.17, 15) is 4.79 Å². The standard InChI is InChI=1S/C26H30N6O4/c1-34-21-7-4-6-20-18-32(12-5-17-35-26(20)21)25(33)19-36-24-10-9-23(28-29-24)31-15-13-30(14-16-31)22-8-2-3-11-27-22/h2-4,6-11H,5,12-19H2,1H3. The van der Waals surface area contributed by atoms with Gasteiger partial charge >= 0.3 is 0 Å². The fourth-order valence-corrected chi connectivity index (χ4v) is 4.43. The van der Waals surface area contributed by atoms with Gasteiger partial charge in [0, 0.05) is 57.1 Å². The first kappa shape index (κ1) is 23.7. The third kappa shape index (κ3) is 5.42. The van der Waals surface area contributed by atoms with E-state index >= 15 is 0 Å². The number of benzene rings is 1. The molecule has 188 valence electrons. The molecule has 36 heavy (non-hydrogen) atoms. The average Bonchev–Trinajstić information content (AvgIpc) is 2.92. The molecule has 1 amide bonds. The molecule has 0 unspecified atom stereocenters. The molecule has 0 bridgehead atoms. The number of aromatic nitrogens is 3. The monoisotopic (exact) mass is 490 g/mol. The zero-order valence-electron chi connectivity index (χ0n) is 20.4. The van der Waals surface area contributed by atoms with Crippen LogP contribution in [-0.4, -0.2) is 79.0 Å². The van der Waals surface area contributed by atoms with Crippen LogP contribution in [0.5, 0.6) is 17.4 Å². The molecule has 1 saturated heterocycles. The normalized spacial score (nSPS) is 15.9. The van der Waals surface area contributed by atoms with Crippen molar-refractivity contribution in [1.29, 1.82) is 0 Å². The van der Waals surface area contributed by atoms with Crippen LogP contribution in [0, 0.1) is 0 Å². The third-order valence-electron chi connectivity index (χ3n) is 6.36. The fraction of sp³-hybridized carbons (Fsp3) is 0.385. The average molecular weight is 491 g/mol. The van der Waals surface area contributed by atoms with E-state index < -0.39 is 0 Å². The first-order chi connectivity index (χ1) is 17.7. The zero-order valence-corrected chi connectivity index (χ0v) is 20.4. The number of carbonyl (C=O) groups excluding carboxylic acids is 1. The van der Waals surface area contributed by atoms with Gasteiger partial charge in [-0.15, -0.1) is 10.2 Å². The Kier molecular flexibility index (Phi) is 7.30. The summed E-state index contributed by atoms with van der Waals surface area (Å²) in [4.78, 5) is 23.6. The molecule has 10 nitrogen and oxygen atoms in total. The van der Waals surface area contributed by atoms with Gasteiger partial charge in [0.15, 0.2) is 23.9 Å². The van der Waals surface area contributed by atoms with Gasteiger partial charge in [0.05, 0.1) is 13.7 Å². The molecule has 3 aromatic rings. The van der Waals surface area contributed by atoms with Crippen molar-refractivity contribution in [2.75, 3.05) is 62.8 Å². The number of piperazine rings is 1. The molecule has 2 aliphatic heterocycles. The lowest BCUT2D eigenvalue weighted by atomic mass is 10.1. The smallest absolute Gasteiger partial charge is 0.260 e. The lowest BCUT2D eigenvalue weighted by Crippen LogP contribution is -2.47. The number of para-hydroxylation sites is 1. The molecule has 0 radical (unpaired) electrons. The Balaban J connectivity index is 1.14. The molecule has 2 aliphatic rings. The van der Waals surface area contributed by atoms with E-state index in [1.807, 2.05) is 48.7 Å². The van der Waals surface area contributed by atoms with Gasteiger partial charge in [0.2, 0.25) is 5.88 Å². The van der Waals surface area contributed by atoms with Gasteiger partial charge in [-0.2, -0.15) is 0 Å². The van der Waals surface area contributed by atoms with Crippen molar-refractivity contribution >= 4 is 17.5 Å². The summed E-state index contributed by atoms with van der Waals surface area (Å²) < 4.78 is 17.0. The highest BCUT2D eigenvalue weighted by molar-refractivity contribution is 5.78. The highest BCUT2D eigenvalue weighted by Crippen LogP contribution is 2.33. The number of fused-ring (bicyclic) bond motifs is 1. The Labute approximate surface area is 210 Å². The molecule has 1 aromatic carbocycles. The van der Waals surface area contributed by atoms with Crippen LogP contribution in [0.4, 0.5) is 11.6 Å². The van der Waals surface area contributed by atoms with Gasteiger partial charge in [-0.05, 0) is 30.7 Å². The molecule has 0 aliphatic carbocycles. The fourth-order valence-electron chi connectivity index (χ4n) is 4.43. The maximum Gasteiger partial charge on any atom is 0.260 e. The van der Waals surface area contributed by atoms with Crippen molar-refractivity contribution in [1.82, 2.24) is 20.1 Å². The van der Waals surface area contributed by atoms with Crippen molar-refractivity contribution in [2.24, 2.45) is 0 Å². The van der Waals surface area contributed by atoms with Crippen molar-refractivity contribution in [3.05, 3.63) is 60.3 Å². The highest BCUT2D eigenvalue weighted by Gasteiger charge is 2.22. The molecular weight excluding hydrogens is 460 g/mol. The first-order valence-corrected chi connectivity index (χ1v) is 12.1. The summed E-state index contributed by atoms with van der Waals surface area (Å²) in [6.07, 6.45) is 2.54. The van der Waals surface area contributed by atoms with Gasteiger partial charge in [0.25, 0.3) is 5.91 Å². The molecule has 10 heteroatoms. The van der Waals surface area contributed by atoms with Crippen molar-refractivity contribution < 1.29 is 19.0 Å². The predicted octanol–water partition coefficient (Wildman–Crippen LogP) is 2.40. The minimum atomic E-state index is -0.109. The Morgan fingerprint density at radius 2 is 1.78 bits per heavy atom. The van der Waals surface area contributed by atoms with Crippen molar-refractivity contribution in [3.63, 3.8) is 0 Å². The molecular formula is C26H30N6O4. The minimum absolute atomic E-state index is 0.100. The summed E-state index contributed by atoms with van der Waals surface area (Å²) in [5.74, 6) is 3.38. The van der Waals surface area contributed by atoms with E-state index in [0.717, 1.165) is 49.8 Å². The molecule has 2 aromatic heterocycles. The molecule has 0 atom stereocenters. The predicted molar refractivity (Wildman–Crippen MR) is 135 cm³/mol. The number of methoxy groups -OCH3 is 1. The van der Waals surface area contributed by atoms with Gasteiger partial charge in [-0.3, -0.25) is 4.79 Å². The Hall–Kier alpha value is -4.08. The van der Waals surface area contributed by atoms with E-state index in [1.165, 1.54) is 0 Å². The van der Waals surface area contributed by atoms with E-state index in [1.54, 1.807) is 18.1 Å². The van der Waals surface area contributed by atoms with E-state index in [4.69, 9.17) is 14.2 Å². The van der Waals surface area contributed by atoms with Crippen LogP contribution < -0.4 is 24.0 Å². The van der Waals surface area contributed by atoms with Crippen LogP contribution in [0.1, 0.15) is 12.0 Å². The number of amides is 1. The summed E-state index contributed by atoms with van der Waals surface area (Å²) in [5, 5.41) is 8.52. The van der Waals surface area contributed by atoms with Gasteiger partial charge in [0.1, 0.15) is 5.82 Å². The molecule has 0 saturated carbocycles. The summed E-state index contributed by atoms with van der Waals surface area (Å²) in [6.45, 7) is 4.82. The molecule has 1 fully saturated rings. The number of anilines is 2. The minimum Gasteiger partial charge on any atom is -0.493 e. The number of nitrogens with zero attached hydrogens (tertiary/aromatic N) is 6. The van der Waals surface area contributed by atoms with Crippen LogP contribution in [0.3, 0.4) is 0 Å². The van der Waals surface area contributed by atoms with Crippen LogP contribution in [-0.2, 0) is 11.3 Å². The van der Waals surface area contributed by atoms with Gasteiger partial charge in [-0.25, -0.2) is 4.98 Å². The van der Waals surface area contributed by atoms with E-state index in [2.05, 4.69) is 25.0 Å². The summed E-state index contributed by atoms with van der Waals surface area (Å²) >= 11 is 0. The first-order valence-electron chi connectivity index (χ1n) is 12.1. The second kappa shape index (κ2) is 11.1. The zero-order chi connectivity index (χ0) is 24.7. The van der Waals surface area contributed by atoms with Crippen molar-refractivity contribution in [2.45, 2.75) is 13.0 Å². The van der Waals surface area contributed by atoms with E-state index in [0.29, 0.717) is 37.1 Å². The maximum atomic E-state index is 12.9.